The molecule has 0 saturated heterocycles. The van der Waals surface area contributed by atoms with Crippen LogP contribution < -0.4 is 10.1 Å². The van der Waals surface area contributed by atoms with E-state index in [1.807, 2.05) is 0 Å². The molecule has 0 radical (unpaired) electrons. The normalized spacial score (nSPS) is 13.9. The van der Waals surface area contributed by atoms with Crippen LogP contribution in [0.25, 0.3) is 0 Å². The van der Waals surface area contributed by atoms with Crippen molar-refractivity contribution in [2.45, 2.75) is 0 Å². The number of halogens is 1. The van der Waals surface area contributed by atoms with Crippen molar-refractivity contribution in [1.29, 1.82) is 0 Å². The van der Waals surface area contributed by atoms with E-state index >= 15 is 0 Å². The third kappa shape index (κ3) is 1.45. The smallest absolute Gasteiger partial charge is 0.238 e. The average molecular weight is 199 g/mol. The highest BCUT2D eigenvalue weighted by molar-refractivity contribution is 6.33. The van der Waals surface area contributed by atoms with Gasteiger partial charge in [-0.05, 0) is 6.07 Å². The maximum absolute atomic E-state index is 10.5. The van der Waals surface area contributed by atoms with Gasteiger partial charge in [-0.2, -0.15) is 0 Å². The molecule has 1 aromatic heterocycles. The number of ether oxygens (including phenoxy) is 1. The topological polar surface area (TPSA) is 51.2 Å². The fraction of sp³-hybridized carbons (Fsp3) is 0.250. The van der Waals surface area contributed by atoms with Gasteiger partial charge >= 0.3 is 0 Å². The number of aromatic nitrogens is 1. The van der Waals surface area contributed by atoms with Gasteiger partial charge < -0.3 is 10.1 Å². The lowest BCUT2D eigenvalue weighted by Crippen LogP contribution is -2.19. The molecule has 5 heteroatoms. The maximum Gasteiger partial charge on any atom is 0.238 e. The summed E-state index contributed by atoms with van der Waals surface area (Å²) in [4.78, 5) is 14.4. The molecule has 0 amide bonds. The van der Waals surface area contributed by atoms with Crippen molar-refractivity contribution in [3.63, 3.8) is 0 Å². The van der Waals surface area contributed by atoms with Gasteiger partial charge in [0.25, 0.3) is 0 Å². The lowest BCUT2D eigenvalue weighted by atomic mass is 10.3. The van der Waals surface area contributed by atoms with Crippen molar-refractivity contribution in [2.75, 3.05) is 18.5 Å². The monoisotopic (exact) mass is 198 g/mol. The Kier molecular flexibility index (Phi) is 2.06. The summed E-state index contributed by atoms with van der Waals surface area (Å²) in [5.74, 6) is 0.442. The molecule has 2 rings (SSSR count). The average Bonchev–Trinajstić information content (AvgIpc) is 2.17. The first-order valence-electron chi connectivity index (χ1n) is 3.83. The molecule has 2 heterocycles. The van der Waals surface area contributed by atoms with Crippen LogP contribution in [0.15, 0.2) is 6.07 Å². The van der Waals surface area contributed by atoms with Crippen LogP contribution in [0.2, 0.25) is 5.02 Å². The second-order valence-electron chi connectivity index (χ2n) is 2.60. The minimum absolute atomic E-state index is 0.212. The molecule has 1 aromatic rings. The van der Waals surface area contributed by atoms with Crippen LogP contribution in [-0.4, -0.2) is 24.4 Å². The van der Waals surface area contributed by atoms with E-state index < -0.39 is 0 Å². The van der Waals surface area contributed by atoms with Gasteiger partial charge in [0.2, 0.25) is 5.88 Å². The van der Waals surface area contributed by atoms with E-state index in [1.54, 1.807) is 6.07 Å². The lowest BCUT2D eigenvalue weighted by Gasteiger charge is -2.18. The number of carbonyl (C=O) groups excluding carboxylic acids is 1. The summed E-state index contributed by atoms with van der Waals surface area (Å²) >= 11 is 5.77. The number of nitrogens with one attached hydrogen (secondary N) is 1. The second-order valence-corrected chi connectivity index (χ2v) is 3.01. The minimum Gasteiger partial charge on any atom is -0.474 e. The highest BCUT2D eigenvalue weighted by Gasteiger charge is 2.14. The molecular weight excluding hydrogens is 192 g/mol. The molecule has 0 fully saturated rings. The molecule has 4 nitrogen and oxygen atoms in total. The van der Waals surface area contributed by atoms with E-state index in [2.05, 4.69) is 10.3 Å². The molecule has 0 spiro atoms. The second kappa shape index (κ2) is 3.22. The van der Waals surface area contributed by atoms with Gasteiger partial charge in [0.05, 0.1) is 10.7 Å². The largest absolute Gasteiger partial charge is 0.474 e. The number of rotatable bonds is 1. The molecular formula is C8H7ClN2O2. The fourth-order valence-electron chi connectivity index (χ4n) is 1.14. The molecule has 1 aliphatic heterocycles. The summed E-state index contributed by atoms with van der Waals surface area (Å²) in [6.07, 6.45) is 0.612. The molecule has 1 aliphatic rings. The number of carbonyl (C=O) groups is 1. The van der Waals surface area contributed by atoms with Crippen LogP contribution in [0.4, 0.5) is 5.69 Å². The number of hydrogen-bond acceptors (Lipinski definition) is 4. The molecule has 68 valence electrons. The SMILES string of the molecule is O=Cc1nc2c(cc1Cl)NCCO2. The first kappa shape index (κ1) is 8.31. The predicted octanol–water partition coefficient (Wildman–Crippen LogP) is 1.35. The Bertz CT molecular complexity index is 354. The van der Waals surface area contributed by atoms with E-state index in [9.17, 15) is 4.79 Å². The van der Waals surface area contributed by atoms with Crippen molar-refractivity contribution in [3.8, 4) is 5.88 Å². The van der Waals surface area contributed by atoms with Crippen molar-refractivity contribution >= 4 is 23.6 Å². The van der Waals surface area contributed by atoms with E-state index in [0.29, 0.717) is 23.8 Å². The van der Waals surface area contributed by atoms with Crippen molar-refractivity contribution in [2.24, 2.45) is 0 Å². The first-order chi connectivity index (χ1) is 6.31. The van der Waals surface area contributed by atoms with Gasteiger partial charge in [0.15, 0.2) is 6.29 Å². The Hall–Kier alpha value is -1.29. The maximum atomic E-state index is 10.5. The van der Waals surface area contributed by atoms with Crippen molar-refractivity contribution in [3.05, 3.63) is 16.8 Å². The quantitative estimate of drug-likeness (QED) is 0.693. The van der Waals surface area contributed by atoms with Crippen LogP contribution in [-0.2, 0) is 0 Å². The van der Waals surface area contributed by atoms with Crippen LogP contribution in [0, 0.1) is 0 Å². The zero-order chi connectivity index (χ0) is 9.26. The van der Waals surface area contributed by atoms with Gasteiger partial charge in [-0.15, -0.1) is 0 Å². The third-order valence-electron chi connectivity index (χ3n) is 1.74. The molecule has 13 heavy (non-hydrogen) atoms. The van der Waals surface area contributed by atoms with E-state index in [4.69, 9.17) is 16.3 Å². The summed E-state index contributed by atoms with van der Waals surface area (Å²) in [5.41, 5.74) is 0.950. The number of hydrogen-bond donors (Lipinski definition) is 1. The summed E-state index contributed by atoms with van der Waals surface area (Å²) in [6.45, 7) is 1.28. The van der Waals surface area contributed by atoms with E-state index in [-0.39, 0.29) is 5.69 Å². The van der Waals surface area contributed by atoms with Gasteiger partial charge in [0, 0.05) is 6.54 Å². The van der Waals surface area contributed by atoms with Crippen LogP contribution in [0.3, 0.4) is 0 Å². The molecule has 0 aliphatic carbocycles. The fourth-order valence-corrected chi connectivity index (χ4v) is 1.33. The third-order valence-corrected chi connectivity index (χ3v) is 2.04. The molecule has 0 atom stereocenters. The number of fused-ring (bicyclic) bond motifs is 1. The van der Waals surface area contributed by atoms with Gasteiger partial charge in [-0.25, -0.2) is 4.98 Å². The Morgan fingerprint density at radius 3 is 3.31 bits per heavy atom. The summed E-state index contributed by atoms with van der Waals surface area (Å²) < 4.78 is 5.23. The van der Waals surface area contributed by atoms with Crippen molar-refractivity contribution < 1.29 is 9.53 Å². The molecule has 1 N–H and O–H groups in total. The molecule has 0 bridgehead atoms. The minimum atomic E-state index is 0.212. The summed E-state index contributed by atoms with van der Waals surface area (Å²) in [5, 5.41) is 3.41. The number of aldehydes is 1. The standard InChI is InChI=1S/C8H7ClN2O2/c9-5-3-6-8(11-7(5)4-12)13-2-1-10-6/h3-4,10H,1-2H2. The number of nitrogens with zero attached hydrogens (tertiary/aromatic N) is 1. The Labute approximate surface area is 79.9 Å². The predicted molar refractivity (Wildman–Crippen MR) is 48.6 cm³/mol. The Balaban J connectivity index is 2.50. The number of anilines is 1. The lowest BCUT2D eigenvalue weighted by molar-refractivity contribution is 0.111. The first-order valence-corrected chi connectivity index (χ1v) is 4.21. The van der Waals surface area contributed by atoms with Crippen molar-refractivity contribution in [1.82, 2.24) is 4.98 Å². The molecule has 0 unspecified atom stereocenters. The zero-order valence-electron chi connectivity index (χ0n) is 6.71. The Morgan fingerprint density at radius 1 is 1.69 bits per heavy atom. The van der Waals surface area contributed by atoms with Gasteiger partial charge in [-0.3, -0.25) is 4.79 Å². The molecule has 0 aromatic carbocycles. The Morgan fingerprint density at radius 2 is 2.54 bits per heavy atom. The van der Waals surface area contributed by atoms with E-state index in [0.717, 1.165) is 12.2 Å². The van der Waals surface area contributed by atoms with Crippen LogP contribution in [0.5, 0.6) is 5.88 Å². The highest BCUT2D eigenvalue weighted by Crippen LogP contribution is 2.28. The summed E-state index contributed by atoms with van der Waals surface area (Å²) in [7, 11) is 0. The van der Waals surface area contributed by atoms with Gasteiger partial charge in [-0.1, -0.05) is 11.6 Å². The zero-order valence-corrected chi connectivity index (χ0v) is 7.47. The highest BCUT2D eigenvalue weighted by atomic mass is 35.5. The number of pyridine rings is 1. The van der Waals surface area contributed by atoms with E-state index in [1.165, 1.54) is 0 Å². The van der Waals surface area contributed by atoms with Gasteiger partial charge in [0.1, 0.15) is 12.3 Å². The van der Waals surface area contributed by atoms with Crippen LogP contribution >= 0.6 is 11.6 Å². The summed E-state index contributed by atoms with van der Waals surface area (Å²) in [6, 6.07) is 1.65. The molecule has 0 saturated carbocycles. The van der Waals surface area contributed by atoms with Crippen LogP contribution in [0.1, 0.15) is 10.5 Å².